The molecule has 1 aromatic carbocycles. The van der Waals surface area contributed by atoms with E-state index in [0.717, 1.165) is 24.1 Å². The van der Waals surface area contributed by atoms with E-state index in [0.29, 0.717) is 18.9 Å². The van der Waals surface area contributed by atoms with Gasteiger partial charge in [-0.25, -0.2) is 0 Å². The number of fused-ring (bicyclic) bond motifs is 1. The maximum Gasteiger partial charge on any atom is 0.243 e. The first kappa shape index (κ1) is 12.2. The monoisotopic (exact) mass is 258 g/mol. The smallest absolute Gasteiger partial charge is 0.243 e. The minimum absolute atomic E-state index is 0.0134. The molecule has 19 heavy (non-hydrogen) atoms. The SMILES string of the molecule is CCC(=O)N1c2ccccc2CC1C(=O)NC1CC1. The van der Waals surface area contributed by atoms with Crippen molar-refractivity contribution >= 4 is 17.5 Å². The van der Waals surface area contributed by atoms with Gasteiger partial charge in [0.25, 0.3) is 0 Å². The number of anilines is 1. The highest BCUT2D eigenvalue weighted by molar-refractivity contribution is 6.03. The number of para-hydroxylation sites is 1. The molecule has 2 aliphatic rings. The van der Waals surface area contributed by atoms with Gasteiger partial charge in [-0.1, -0.05) is 25.1 Å². The Kier molecular flexibility index (Phi) is 3.01. The molecule has 0 radical (unpaired) electrons. The Hall–Kier alpha value is -1.84. The number of nitrogens with zero attached hydrogens (tertiary/aromatic N) is 1. The molecular weight excluding hydrogens is 240 g/mol. The number of nitrogens with one attached hydrogen (secondary N) is 1. The molecule has 0 spiro atoms. The highest BCUT2D eigenvalue weighted by atomic mass is 16.2. The Morgan fingerprint density at radius 2 is 2.05 bits per heavy atom. The summed E-state index contributed by atoms with van der Waals surface area (Å²) in [5.74, 6) is 0.00129. The van der Waals surface area contributed by atoms with Gasteiger partial charge in [-0.15, -0.1) is 0 Å². The molecule has 1 heterocycles. The summed E-state index contributed by atoms with van der Waals surface area (Å²) in [7, 11) is 0. The van der Waals surface area contributed by atoms with Gasteiger partial charge in [0.15, 0.2) is 0 Å². The summed E-state index contributed by atoms with van der Waals surface area (Å²) >= 11 is 0. The van der Waals surface area contributed by atoms with E-state index in [2.05, 4.69) is 5.32 Å². The molecule has 1 N–H and O–H groups in total. The van der Waals surface area contributed by atoms with Crippen LogP contribution in [0.2, 0.25) is 0 Å². The van der Waals surface area contributed by atoms with Crippen LogP contribution in [0.1, 0.15) is 31.7 Å². The Bertz CT molecular complexity index is 523. The molecule has 1 saturated carbocycles. The molecule has 1 aliphatic carbocycles. The van der Waals surface area contributed by atoms with Crippen LogP contribution in [0.5, 0.6) is 0 Å². The minimum Gasteiger partial charge on any atom is -0.352 e. The van der Waals surface area contributed by atoms with Gasteiger partial charge >= 0.3 is 0 Å². The summed E-state index contributed by atoms with van der Waals surface area (Å²) in [6, 6.07) is 7.74. The molecule has 1 fully saturated rings. The van der Waals surface area contributed by atoms with Gasteiger partial charge in [-0.2, -0.15) is 0 Å². The molecule has 3 rings (SSSR count). The normalized spacial score (nSPS) is 21.1. The van der Waals surface area contributed by atoms with E-state index in [-0.39, 0.29) is 17.9 Å². The Morgan fingerprint density at radius 3 is 2.74 bits per heavy atom. The second-order valence-electron chi connectivity index (χ2n) is 5.25. The zero-order valence-corrected chi connectivity index (χ0v) is 11.1. The highest BCUT2D eigenvalue weighted by Crippen LogP contribution is 2.33. The van der Waals surface area contributed by atoms with Crippen molar-refractivity contribution in [2.45, 2.75) is 44.7 Å². The van der Waals surface area contributed by atoms with Crippen molar-refractivity contribution in [1.82, 2.24) is 5.32 Å². The van der Waals surface area contributed by atoms with Gasteiger partial charge in [0.05, 0.1) is 0 Å². The van der Waals surface area contributed by atoms with Crippen molar-refractivity contribution in [1.29, 1.82) is 0 Å². The maximum atomic E-state index is 12.3. The van der Waals surface area contributed by atoms with Crippen molar-refractivity contribution < 1.29 is 9.59 Å². The summed E-state index contributed by atoms with van der Waals surface area (Å²) in [5, 5.41) is 3.01. The van der Waals surface area contributed by atoms with Crippen LogP contribution >= 0.6 is 0 Å². The molecule has 1 unspecified atom stereocenters. The molecule has 4 heteroatoms. The van der Waals surface area contributed by atoms with E-state index in [9.17, 15) is 9.59 Å². The Morgan fingerprint density at radius 1 is 1.32 bits per heavy atom. The zero-order chi connectivity index (χ0) is 13.4. The number of rotatable bonds is 3. The van der Waals surface area contributed by atoms with Gasteiger partial charge in [0, 0.05) is 24.6 Å². The molecule has 1 atom stereocenters. The standard InChI is InChI=1S/C15H18N2O2/c1-2-14(18)17-12-6-4-3-5-10(12)9-13(17)15(19)16-11-7-8-11/h3-6,11,13H,2,7-9H2,1H3,(H,16,19). The largest absolute Gasteiger partial charge is 0.352 e. The van der Waals surface area contributed by atoms with E-state index in [1.807, 2.05) is 31.2 Å². The van der Waals surface area contributed by atoms with Crippen LogP contribution in [0, 0.1) is 0 Å². The second-order valence-corrected chi connectivity index (χ2v) is 5.25. The van der Waals surface area contributed by atoms with Crippen molar-refractivity contribution in [3.8, 4) is 0 Å². The van der Waals surface area contributed by atoms with Gasteiger partial charge in [-0.05, 0) is 24.5 Å². The van der Waals surface area contributed by atoms with E-state index in [4.69, 9.17) is 0 Å². The molecule has 2 amide bonds. The first-order valence-electron chi connectivity index (χ1n) is 6.91. The summed E-state index contributed by atoms with van der Waals surface area (Å²) < 4.78 is 0. The fourth-order valence-corrected chi connectivity index (χ4v) is 2.60. The molecule has 1 aliphatic heterocycles. The average molecular weight is 258 g/mol. The summed E-state index contributed by atoms with van der Waals surface area (Å²) in [4.78, 5) is 26.1. The topological polar surface area (TPSA) is 49.4 Å². The second kappa shape index (κ2) is 4.68. The van der Waals surface area contributed by atoms with Crippen molar-refractivity contribution in [2.24, 2.45) is 0 Å². The van der Waals surface area contributed by atoms with Gasteiger partial charge in [0.2, 0.25) is 11.8 Å². The third kappa shape index (κ3) is 2.23. The lowest BCUT2D eigenvalue weighted by atomic mass is 10.1. The number of carbonyl (C=O) groups excluding carboxylic acids is 2. The van der Waals surface area contributed by atoms with Crippen LogP contribution in [0.4, 0.5) is 5.69 Å². The number of amides is 2. The lowest BCUT2D eigenvalue weighted by Gasteiger charge is -2.24. The van der Waals surface area contributed by atoms with Crippen molar-refractivity contribution in [2.75, 3.05) is 4.90 Å². The zero-order valence-electron chi connectivity index (χ0n) is 11.1. The van der Waals surface area contributed by atoms with Crippen molar-refractivity contribution in [3.05, 3.63) is 29.8 Å². The quantitative estimate of drug-likeness (QED) is 0.896. The Labute approximate surface area is 112 Å². The lowest BCUT2D eigenvalue weighted by molar-refractivity contribution is -0.126. The highest BCUT2D eigenvalue weighted by Gasteiger charge is 2.39. The lowest BCUT2D eigenvalue weighted by Crippen LogP contribution is -2.48. The van der Waals surface area contributed by atoms with E-state index < -0.39 is 0 Å². The number of hydrogen-bond acceptors (Lipinski definition) is 2. The minimum atomic E-state index is -0.370. The molecule has 1 aromatic rings. The predicted octanol–water partition coefficient (Wildman–Crippen LogP) is 1.63. The molecule has 0 aromatic heterocycles. The molecule has 0 bridgehead atoms. The third-order valence-corrected chi connectivity index (χ3v) is 3.77. The molecular formula is C15H18N2O2. The third-order valence-electron chi connectivity index (χ3n) is 3.77. The average Bonchev–Trinajstić information content (AvgIpc) is 3.15. The van der Waals surface area contributed by atoms with Crippen LogP contribution in [0.3, 0.4) is 0 Å². The van der Waals surface area contributed by atoms with Gasteiger partial charge in [0.1, 0.15) is 6.04 Å². The predicted molar refractivity (Wildman–Crippen MR) is 72.9 cm³/mol. The maximum absolute atomic E-state index is 12.3. The first-order valence-corrected chi connectivity index (χ1v) is 6.91. The molecule has 4 nitrogen and oxygen atoms in total. The number of benzene rings is 1. The van der Waals surface area contributed by atoms with E-state index >= 15 is 0 Å². The van der Waals surface area contributed by atoms with Crippen LogP contribution in [-0.4, -0.2) is 23.9 Å². The summed E-state index contributed by atoms with van der Waals surface area (Å²) in [6.45, 7) is 1.83. The van der Waals surface area contributed by atoms with Crippen LogP contribution in [0.15, 0.2) is 24.3 Å². The van der Waals surface area contributed by atoms with E-state index in [1.165, 1.54) is 0 Å². The van der Waals surface area contributed by atoms with Gasteiger partial charge < -0.3 is 5.32 Å². The van der Waals surface area contributed by atoms with E-state index in [1.54, 1.807) is 4.90 Å². The van der Waals surface area contributed by atoms with Crippen LogP contribution < -0.4 is 10.2 Å². The van der Waals surface area contributed by atoms with Crippen LogP contribution in [-0.2, 0) is 16.0 Å². The Balaban J connectivity index is 1.87. The van der Waals surface area contributed by atoms with Crippen molar-refractivity contribution in [3.63, 3.8) is 0 Å². The fourth-order valence-electron chi connectivity index (χ4n) is 2.60. The molecule has 0 saturated heterocycles. The number of carbonyl (C=O) groups is 2. The summed E-state index contributed by atoms with van der Waals surface area (Å²) in [6.07, 6.45) is 3.17. The fraction of sp³-hybridized carbons (Fsp3) is 0.467. The molecule has 100 valence electrons. The number of hydrogen-bond donors (Lipinski definition) is 1. The first-order chi connectivity index (χ1) is 9.20. The summed E-state index contributed by atoms with van der Waals surface area (Å²) in [5.41, 5.74) is 1.98. The van der Waals surface area contributed by atoms with Gasteiger partial charge in [-0.3, -0.25) is 14.5 Å². The van der Waals surface area contributed by atoms with Crippen LogP contribution in [0.25, 0.3) is 0 Å².